The number of nitriles is 1. The van der Waals surface area contributed by atoms with Gasteiger partial charge in [-0.2, -0.15) is 5.26 Å². The third-order valence-corrected chi connectivity index (χ3v) is 4.87. The number of allylic oxidation sites excluding steroid dienone is 1. The van der Waals surface area contributed by atoms with Crippen LogP contribution in [0, 0.1) is 18.3 Å². The molecule has 1 aliphatic heterocycles. The number of anilines is 1. The number of benzene rings is 2. The molecule has 138 valence electrons. The Morgan fingerprint density at radius 2 is 1.89 bits per heavy atom. The topological polar surface area (TPSA) is 56.1 Å². The van der Waals surface area contributed by atoms with E-state index in [0.717, 1.165) is 23.4 Å². The second-order valence-corrected chi connectivity index (χ2v) is 7.99. The Bertz CT molecular complexity index is 960. The highest BCUT2D eigenvalue weighted by molar-refractivity contribution is 6.08. The number of aryl methyl sites for hydroxylation is 1. The number of nitrogens with zero attached hydrogens (tertiary/aromatic N) is 2. The molecule has 0 aromatic heterocycles. The van der Waals surface area contributed by atoms with Crippen molar-refractivity contribution < 1.29 is 4.79 Å². The van der Waals surface area contributed by atoms with Crippen molar-refractivity contribution in [2.45, 2.75) is 32.7 Å². The maximum absolute atomic E-state index is 12.8. The van der Waals surface area contributed by atoms with Crippen molar-refractivity contribution >= 4 is 17.2 Å². The molecule has 0 saturated carbocycles. The van der Waals surface area contributed by atoms with Crippen LogP contribution in [0.2, 0.25) is 0 Å². The standard InChI is InChI=1S/C23H25N3O/c1-15-10-18-13-23(2,3)25-20(19(18)11-21(15)26(4)5)12-22(27)17-8-6-16(14-24)7-9-17/h6-12,25H,13H2,1-5H3. The van der Waals surface area contributed by atoms with Crippen LogP contribution in [0.25, 0.3) is 5.70 Å². The van der Waals surface area contributed by atoms with Crippen molar-refractivity contribution in [3.8, 4) is 6.07 Å². The van der Waals surface area contributed by atoms with Crippen LogP contribution in [0.1, 0.15) is 46.5 Å². The van der Waals surface area contributed by atoms with Gasteiger partial charge in [0.25, 0.3) is 0 Å². The predicted molar refractivity (Wildman–Crippen MR) is 110 cm³/mol. The SMILES string of the molecule is Cc1cc2c(cc1N(C)C)C(=CC(=O)c1ccc(C#N)cc1)NC(C)(C)C2. The molecule has 0 bridgehead atoms. The minimum Gasteiger partial charge on any atom is -0.379 e. The average Bonchev–Trinajstić information content (AvgIpc) is 2.60. The fraction of sp³-hybridized carbons (Fsp3) is 0.304. The first kappa shape index (κ1) is 18.7. The summed E-state index contributed by atoms with van der Waals surface area (Å²) in [6, 6.07) is 13.2. The Morgan fingerprint density at radius 1 is 1.22 bits per heavy atom. The first-order chi connectivity index (χ1) is 12.7. The molecule has 0 unspecified atom stereocenters. The van der Waals surface area contributed by atoms with Crippen molar-refractivity contribution in [3.05, 3.63) is 70.3 Å². The molecule has 2 aromatic carbocycles. The molecule has 27 heavy (non-hydrogen) atoms. The first-order valence-electron chi connectivity index (χ1n) is 9.06. The molecule has 0 saturated heterocycles. The zero-order chi connectivity index (χ0) is 19.8. The van der Waals surface area contributed by atoms with Gasteiger partial charge in [-0.3, -0.25) is 4.79 Å². The van der Waals surface area contributed by atoms with Gasteiger partial charge in [0.15, 0.2) is 5.78 Å². The fourth-order valence-electron chi connectivity index (χ4n) is 3.62. The molecule has 0 amide bonds. The predicted octanol–water partition coefficient (Wildman–Crippen LogP) is 4.08. The summed E-state index contributed by atoms with van der Waals surface area (Å²) in [6.07, 6.45) is 2.58. The van der Waals surface area contributed by atoms with Gasteiger partial charge in [-0.25, -0.2) is 0 Å². The van der Waals surface area contributed by atoms with Crippen LogP contribution >= 0.6 is 0 Å². The van der Waals surface area contributed by atoms with E-state index in [1.165, 1.54) is 11.1 Å². The normalized spacial score (nSPS) is 16.2. The van der Waals surface area contributed by atoms with Gasteiger partial charge in [0.05, 0.1) is 11.6 Å². The van der Waals surface area contributed by atoms with Crippen molar-refractivity contribution in [3.63, 3.8) is 0 Å². The van der Waals surface area contributed by atoms with Gasteiger partial charge in [-0.1, -0.05) is 6.07 Å². The van der Waals surface area contributed by atoms with E-state index in [2.05, 4.69) is 49.2 Å². The van der Waals surface area contributed by atoms with Gasteiger partial charge >= 0.3 is 0 Å². The second kappa shape index (κ2) is 6.92. The summed E-state index contributed by atoms with van der Waals surface area (Å²) in [6.45, 7) is 6.41. The molecule has 1 heterocycles. The minimum atomic E-state index is -0.129. The van der Waals surface area contributed by atoms with E-state index in [1.54, 1.807) is 30.3 Å². The summed E-state index contributed by atoms with van der Waals surface area (Å²) in [5.74, 6) is -0.0717. The zero-order valence-corrected chi connectivity index (χ0v) is 16.6. The highest BCUT2D eigenvalue weighted by atomic mass is 16.1. The molecular weight excluding hydrogens is 334 g/mol. The maximum atomic E-state index is 12.8. The lowest BCUT2D eigenvalue weighted by atomic mass is 9.84. The largest absolute Gasteiger partial charge is 0.379 e. The summed E-state index contributed by atoms with van der Waals surface area (Å²) in [5.41, 5.74) is 6.54. The molecule has 0 fully saturated rings. The lowest BCUT2D eigenvalue weighted by molar-refractivity contribution is 0.104. The van der Waals surface area contributed by atoms with E-state index in [0.29, 0.717) is 11.1 Å². The third-order valence-electron chi connectivity index (χ3n) is 4.87. The van der Waals surface area contributed by atoms with Crippen LogP contribution in [-0.4, -0.2) is 25.4 Å². The van der Waals surface area contributed by atoms with E-state index in [1.807, 2.05) is 14.1 Å². The molecular formula is C23H25N3O. The average molecular weight is 359 g/mol. The molecule has 0 aliphatic carbocycles. The summed E-state index contributed by atoms with van der Waals surface area (Å²) in [7, 11) is 4.06. The lowest BCUT2D eigenvalue weighted by Gasteiger charge is -2.36. The number of nitrogens with one attached hydrogen (secondary N) is 1. The van der Waals surface area contributed by atoms with Gasteiger partial charge in [0.1, 0.15) is 0 Å². The van der Waals surface area contributed by atoms with Gasteiger partial charge in [0, 0.05) is 48.2 Å². The Labute approximate surface area is 161 Å². The third kappa shape index (κ3) is 3.88. The molecule has 1 aliphatic rings. The smallest absolute Gasteiger partial charge is 0.187 e. The molecule has 4 heteroatoms. The quantitative estimate of drug-likeness (QED) is 0.663. The van der Waals surface area contributed by atoms with Gasteiger partial charge in [0.2, 0.25) is 0 Å². The van der Waals surface area contributed by atoms with E-state index >= 15 is 0 Å². The molecule has 2 aromatic rings. The first-order valence-corrected chi connectivity index (χ1v) is 9.06. The Hall–Kier alpha value is -3.06. The minimum absolute atomic E-state index is 0.0717. The Morgan fingerprint density at radius 3 is 2.48 bits per heavy atom. The van der Waals surface area contributed by atoms with Crippen LogP contribution < -0.4 is 10.2 Å². The van der Waals surface area contributed by atoms with Crippen LogP contribution in [0.15, 0.2) is 42.5 Å². The summed E-state index contributed by atoms with van der Waals surface area (Å²) < 4.78 is 0. The maximum Gasteiger partial charge on any atom is 0.187 e. The lowest BCUT2D eigenvalue weighted by Crippen LogP contribution is -2.44. The molecule has 1 N–H and O–H groups in total. The number of carbonyl (C=O) groups is 1. The zero-order valence-electron chi connectivity index (χ0n) is 16.6. The molecule has 0 spiro atoms. The number of hydrogen-bond acceptors (Lipinski definition) is 4. The number of hydrogen-bond donors (Lipinski definition) is 1. The Kier molecular flexibility index (Phi) is 4.80. The van der Waals surface area contributed by atoms with E-state index in [4.69, 9.17) is 5.26 Å². The van der Waals surface area contributed by atoms with Crippen molar-refractivity contribution in [2.24, 2.45) is 0 Å². The van der Waals surface area contributed by atoms with E-state index in [-0.39, 0.29) is 11.3 Å². The second-order valence-electron chi connectivity index (χ2n) is 7.99. The molecule has 0 atom stereocenters. The molecule has 4 nitrogen and oxygen atoms in total. The summed E-state index contributed by atoms with van der Waals surface area (Å²) in [5, 5.41) is 12.5. The number of ketones is 1. The molecule has 0 radical (unpaired) electrons. The monoisotopic (exact) mass is 359 g/mol. The van der Waals surface area contributed by atoms with Crippen LogP contribution in [0.5, 0.6) is 0 Å². The Balaban J connectivity index is 2.06. The van der Waals surface area contributed by atoms with E-state index < -0.39 is 0 Å². The van der Waals surface area contributed by atoms with Crippen LogP contribution in [0.4, 0.5) is 5.69 Å². The van der Waals surface area contributed by atoms with Crippen molar-refractivity contribution in [2.75, 3.05) is 19.0 Å². The fourth-order valence-corrected chi connectivity index (χ4v) is 3.62. The van der Waals surface area contributed by atoms with E-state index in [9.17, 15) is 4.79 Å². The van der Waals surface area contributed by atoms with Crippen LogP contribution in [0.3, 0.4) is 0 Å². The summed E-state index contributed by atoms with van der Waals surface area (Å²) >= 11 is 0. The molecule has 3 rings (SSSR count). The number of carbonyl (C=O) groups excluding carboxylic acids is 1. The van der Waals surface area contributed by atoms with Gasteiger partial charge < -0.3 is 10.2 Å². The number of fused-ring (bicyclic) bond motifs is 1. The highest BCUT2D eigenvalue weighted by Gasteiger charge is 2.29. The van der Waals surface area contributed by atoms with Crippen LogP contribution in [-0.2, 0) is 6.42 Å². The number of rotatable bonds is 3. The highest BCUT2D eigenvalue weighted by Crippen LogP contribution is 2.34. The van der Waals surface area contributed by atoms with Crippen molar-refractivity contribution in [1.82, 2.24) is 5.32 Å². The van der Waals surface area contributed by atoms with Crippen molar-refractivity contribution in [1.29, 1.82) is 5.26 Å². The van der Waals surface area contributed by atoms with Gasteiger partial charge in [-0.05, 0) is 68.7 Å². The summed E-state index contributed by atoms with van der Waals surface area (Å²) in [4.78, 5) is 14.9. The van der Waals surface area contributed by atoms with Gasteiger partial charge in [-0.15, -0.1) is 0 Å².